The van der Waals surface area contributed by atoms with E-state index in [0.29, 0.717) is 26.1 Å². The highest BCUT2D eigenvalue weighted by molar-refractivity contribution is 8.77. The number of unbranched alkanes of at least 4 members (excludes halogenated alkanes) is 8. The second kappa shape index (κ2) is 20.5. The summed E-state index contributed by atoms with van der Waals surface area (Å²) >= 11 is 0. The number of esters is 2. The molecule has 2 saturated heterocycles. The van der Waals surface area contributed by atoms with Crippen molar-refractivity contribution in [2.45, 2.75) is 120 Å². The summed E-state index contributed by atoms with van der Waals surface area (Å²) in [6.45, 7) is 1.14. The summed E-state index contributed by atoms with van der Waals surface area (Å²) in [4.78, 5) is 23.6. The van der Waals surface area contributed by atoms with Crippen LogP contribution in [0.3, 0.4) is 0 Å². The summed E-state index contributed by atoms with van der Waals surface area (Å²) in [5.41, 5.74) is 0. The molecule has 0 saturated carbocycles. The van der Waals surface area contributed by atoms with Gasteiger partial charge >= 0.3 is 11.9 Å². The first-order valence-corrected chi connectivity index (χ1v) is 17.9. The Morgan fingerprint density at radius 2 is 1.00 bits per heavy atom. The van der Waals surface area contributed by atoms with Gasteiger partial charge in [-0.05, 0) is 51.4 Å². The highest BCUT2D eigenvalue weighted by Crippen LogP contribution is 2.40. The molecule has 0 aliphatic carbocycles. The van der Waals surface area contributed by atoms with Gasteiger partial charge in [-0.25, -0.2) is 0 Å². The molecule has 0 amide bonds. The van der Waals surface area contributed by atoms with Crippen LogP contribution in [0.15, 0.2) is 0 Å². The monoisotopic (exact) mass is 536 g/mol. The average molecular weight is 537 g/mol. The van der Waals surface area contributed by atoms with Crippen molar-refractivity contribution in [3.05, 3.63) is 0 Å². The Kier molecular flexibility index (Phi) is 18.4. The highest BCUT2D eigenvalue weighted by atomic mass is 33.1. The minimum absolute atomic E-state index is 0.0232. The SMILES string of the molecule is O=C(CCCCC1CCSS1)OCCCCCCCCCOC(=O)CCCCC1CCSS1. The van der Waals surface area contributed by atoms with E-state index < -0.39 is 0 Å². The first kappa shape index (κ1) is 29.6. The van der Waals surface area contributed by atoms with Crippen LogP contribution in [0.1, 0.15) is 109 Å². The lowest BCUT2D eigenvalue weighted by atomic mass is 10.1. The van der Waals surface area contributed by atoms with E-state index in [-0.39, 0.29) is 11.9 Å². The fraction of sp³-hybridized carbons (Fsp3) is 0.920. The molecular formula is C25H44O4S4. The minimum Gasteiger partial charge on any atom is -0.466 e. The van der Waals surface area contributed by atoms with Crippen molar-refractivity contribution in [3.8, 4) is 0 Å². The van der Waals surface area contributed by atoms with Gasteiger partial charge in [0.25, 0.3) is 0 Å². The van der Waals surface area contributed by atoms with Crippen LogP contribution >= 0.6 is 43.2 Å². The quantitative estimate of drug-likeness (QED) is 0.0876. The third-order valence-corrected chi connectivity index (χ3v) is 12.1. The van der Waals surface area contributed by atoms with Crippen LogP contribution in [0.2, 0.25) is 0 Å². The third-order valence-electron chi connectivity index (χ3n) is 6.08. The summed E-state index contributed by atoms with van der Waals surface area (Å²) in [6, 6.07) is 0. The zero-order valence-corrected chi connectivity index (χ0v) is 23.5. The van der Waals surface area contributed by atoms with Gasteiger partial charge in [-0.15, -0.1) is 0 Å². The fourth-order valence-electron chi connectivity index (χ4n) is 4.02. The molecule has 2 aliphatic rings. The standard InChI is InChI=1S/C25H44O4S4/c26-24(14-8-6-12-22-16-20-30-32-22)28-18-10-4-2-1-3-5-11-19-29-25(27)15-9-7-13-23-17-21-31-33-23/h22-23H,1-21H2. The van der Waals surface area contributed by atoms with Crippen molar-refractivity contribution >= 4 is 55.1 Å². The topological polar surface area (TPSA) is 52.6 Å². The zero-order valence-electron chi connectivity index (χ0n) is 20.3. The Balaban J connectivity index is 1.24. The Morgan fingerprint density at radius 1 is 0.576 bits per heavy atom. The van der Waals surface area contributed by atoms with Crippen molar-refractivity contribution < 1.29 is 19.1 Å². The molecule has 2 heterocycles. The van der Waals surface area contributed by atoms with Gasteiger partial charge in [-0.2, -0.15) is 0 Å². The number of hydrogen-bond acceptors (Lipinski definition) is 8. The molecule has 2 fully saturated rings. The molecule has 2 rings (SSSR count). The number of carbonyl (C=O) groups excluding carboxylic acids is 2. The summed E-state index contributed by atoms with van der Waals surface area (Å²) < 4.78 is 10.7. The van der Waals surface area contributed by atoms with Crippen LogP contribution in [0.4, 0.5) is 0 Å². The number of ether oxygens (including phenoxy) is 2. The second-order valence-corrected chi connectivity index (χ2v) is 14.6. The van der Waals surface area contributed by atoms with Crippen LogP contribution in [0.25, 0.3) is 0 Å². The minimum atomic E-state index is -0.0232. The second-order valence-electron chi connectivity index (χ2n) is 9.07. The van der Waals surface area contributed by atoms with Crippen LogP contribution in [-0.4, -0.2) is 47.2 Å². The van der Waals surface area contributed by atoms with Gasteiger partial charge in [0.15, 0.2) is 0 Å². The van der Waals surface area contributed by atoms with E-state index in [2.05, 4.69) is 0 Å². The fourth-order valence-corrected chi connectivity index (χ4v) is 10.1. The number of rotatable bonds is 20. The van der Waals surface area contributed by atoms with Gasteiger partial charge in [0, 0.05) is 34.8 Å². The van der Waals surface area contributed by atoms with Crippen LogP contribution in [-0.2, 0) is 19.1 Å². The maximum Gasteiger partial charge on any atom is 0.305 e. The Hall–Kier alpha value is 0.340. The van der Waals surface area contributed by atoms with E-state index in [9.17, 15) is 9.59 Å². The van der Waals surface area contributed by atoms with E-state index in [1.807, 2.05) is 43.2 Å². The van der Waals surface area contributed by atoms with Gasteiger partial charge in [0.2, 0.25) is 0 Å². The van der Waals surface area contributed by atoms with Gasteiger partial charge in [0.05, 0.1) is 13.2 Å². The molecule has 8 heteroatoms. The van der Waals surface area contributed by atoms with Crippen molar-refractivity contribution in [1.82, 2.24) is 0 Å². The predicted molar refractivity (Wildman–Crippen MR) is 148 cm³/mol. The van der Waals surface area contributed by atoms with Crippen LogP contribution < -0.4 is 0 Å². The van der Waals surface area contributed by atoms with E-state index in [0.717, 1.165) is 61.9 Å². The molecule has 2 aliphatic heterocycles. The molecule has 33 heavy (non-hydrogen) atoms. The van der Waals surface area contributed by atoms with Crippen LogP contribution in [0, 0.1) is 0 Å². The van der Waals surface area contributed by atoms with Crippen molar-refractivity contribution in [3.63, 3.8) is 0 Å². The lowest BCUT2D eigenvalue weighted by Gasteiger charge is -2.08. The highest BCUT2D eigenvalue weighted by Gasteiger charge is 2.16. The molecule has 4 nitrogen and oxygen atoms in total. The summed E-state index contributed by atoms with van der Waals surface area (Å²) in [7, 11) is 8.00. The van der Waals surface area contributed by atoms with Gasteiger partial charge in [-0.3, -0.25) is 9.59 Å². The predicted octanol–water partition coefficient (Wildman–Crippen LogP) is 8.23. The summed E-state index contributed by atoms with van der Waals surface area (Å²) in [5, 5.41) is 1.61. The van der Waals surface area contributed by atoms with E-state index in [1.165, 1.54) is 56.5 Å². The Labute approximate surface area is 217 Å². The average Bonchev–Trinajstić information content (AvgIpc) is 3.52. The largest absolute Gasteiger partial charge is 0.466 e. The Morgan fingerprint density at radius 3 is 1.39 bits per heavy atom. The maximum absolute atomic E-state index is 11.8. The van der Waals surface area contributed by atoms with E-state index >= 15 is 0 Å². The number of hydrogen-bond donors (Lipinski definition) is 0. The van der Waals surface area contributed by atoms with Gasteiger partial charge in [0.1, 0.15) is 0 Å². The zero-order chi connectivity index (χ0) is 23.4. The molecule has 2 unspecified atom stereocenters. The van der Waals surface area contributed by atoms with Crippen molar-refractivity contribution in [2.75, 3.05) is 24.7 Å². The van der Waals surface area contributed by atoms with Gasteiger partial charge in [-0.1, -0.05) is 88.1 Å². The van der Waals surface area contributed by atoms with E-state index in [4.69, 9.17) is 9.47 Å². The molecule has 2 atom stereocenters. The molecule has 0 spiro atoms. The normalized spacial score (nSPS) is 20.2. The number of carbonyl (C=O) groups is 2. The smallest absolute Gasteiger partial charge is 0.305 e. The molecular weight excluding hydrogens is 493 g/mol. The molecule has 0 N–H and O–H groups in total. The Bertz CT molecular complexity index is 465. The summed E-state index contributed by atoms with van der Waals surface area (Å²) in [5.74, 6) is 2.52. The lowest BCUT2D eigenvalue weighted by Crippen LogP contribution is -2.06. The van der Waals surface area contributed by atoms with E-state index in [1.54, 1.807) is 0 Å². The molecule has 0 aromatic carbocycles. The molecule has 192 valence electrons. The molecule has 0 aromatic rings. The lowest BCUT2D eigenvalue weighted by molar-refractivity contribution is -0.144. The maximum atomic E-state index is 11.8. The molecule has 0 radical (unpaired) electrons. The summed E-state index contributed by atoms with van der Waals surface area (Å²) in [6.07, 6.45) is 18.3. The molecule has 0 aromatic heterocycles. The first-order chi connectivity index (χ1) is 16.2. The van der Waals surface area contributed by atoms with Crippen molar-refractivity contribution in [2.24, 2.45) is 0 Å². The van der Waals surface area contributed by atoms with Gasteiger partial charge < -0.3 is 9.47 Å². The third kappa shape index (κ3) is 16.6. The van der Waals surface area contributed by atoms with Crippen molar-refractivity contribution in [1.29, 1.82) is 0 Å². The first-order valence-electron chi connectivity index (χ1n) is 13.1. The van der Waals surface area contributed by atoms with Crippen LogP contribution in [0.5, 0.6) is 0 Å². The molecule has 0 bridgehead atoms.